The van der Waals surface area contributed by atoms with Crippen LogP contribution in [0, 0.1) is 5.82 Å². The molecule has 0 aliphatic carbocycles. The van der Waals surface area contributed by atoms with E-state index in [0.29, 0.717) is 11.4 Å². The van der Waals surface area contributed by atoms with Crippen molar-refractivity contribution in [3.05, 3.63) is 164 Å². The molecule has 0 aromatic heterocycles. The number of ether oxygens (including phenoxy) is 3. The largest absolute Gasteiger partial charge is 0.459 e. The lowest BCUT2D eigenvalue weighted by molar-refractivity contribution is -0.149. The minimum absolute atomic E-state index is 0.335. The molecule has 0 spiro atoms. The van der Waals surface area contributed by atoms with Gasteiger partial charge in [0.25, 0.3) is 0 Å². The summed E-state index contributed by atoms with van der Waals surface area (Å²) in [5.74, 6) is -0.461. The Morgan fingerprint density at radius 3 is 1.65 bits per heavy atom. The molecule has 2 atom stereocenters. The quantitative estimate of drug-likeness (QED) is 0.0942. The molecule has 0 saturated carbocycles. The van der Waals surface area contributed by atoms with Crippen LogP contribution in [0.5, 0.6) is 11.5 Å². The highest BCUT2D eigenvalue weighted by Crippen LogP contribution is 2.37. The highest BCUT2D eigenvalue weighted by molar-refractivity contribution is 5.82. The van der Waals surface area contributed by atoms with Crippen molar-refractivity contribution in [1.29, 1.82) is 0 Å². The summed E-state index contributed by atoms with van der Waals surface area (Å²) < 4.78 is 31.4. The minimum atomic E-state index is -0.596. The molecule has 0 aliphatic rings. The van der Waals surface area contributed by atoms with Gasteiger partial charge in [-0.3, -0.25) is 0 Å². The van der Waals surface area contributed by atoms with Gasteiger partial charge in [0.05, 0.1) is 5.92 Å². The van der Waals surface area contributed by atoms with Crippen LogP contribution >= 0.6 is 0 Å². The van der Waals surface area contributed by atoms with E-state index in [1.807, 2.05) is 114 Å². The Hall–Kier alpha value is -5.95. The van der Waals surface area contributed by atoms with Crippen molar-refractivity contribution in [1.82, 2.24) is 0 Å². The van der Waals surface area contributed by atoms with Crippen molar-refractivity contribution in [2.45, 2.75) is 32.0 Å². The lowest BCUT2D eigenvalue weighted by Crippen LogP contribution is -2.32. The Morgan fingerprint density at radius 2 is 1.12 bits per heavy atom. The number of rotatable bonds is 13. The Kier molecular flexibility index (Phi) is 10.8. The Bertz CT molecular complexity index is 1830. The fraction of sp³-hybridized carbons (Fsp3) is 0.122. The molecule has 0 bridgehead atoms. The maximum absolute atomic E-state index is 14.4. The number of hydrogen-bond donors (Lipinski definition) is 0. The standard InChI is InChI=1S/C41H36FNO5/c1-5-39(44)46-28(3)41(29(4)47-40(45)6-2)32-17-15-30(16-18-32)31-19-21-34(22-20-31)43(36-12-10-11-33(42)27-36)35-23-25-38(26-24-35)48-37-13-8-7-9-14-37/h5-29,41H,1-2H2,3-4H3. The van der Waals surface area contributed by atoms with E-state index in [1.165, 1.54) is 12.1 Å². The van der Waals surface area contributed by atoms with E-state index in [4.69, 9.17) is 14.2 Å². The molecule has 7 heteroatoms. The monoisotopic (exact) mass is 641 g/mol. The van der Waals surface area contributed by atoms with Crippen LogP contribution in [-0.4, -0.2) is 24.1 Å². The summed E-state index contributed by atoms with van der Waals surface area (Å²) in [5, 5.41) is 0. The van der Waals surface area contributed by atoms with Gasteiger partial charge in [-0.2, -0.15) is 0 Å². The number of para-hydroxylation sites is 1. The first-order valence-corrected chi connectivity index (χ1v) is 15.5. The number of carbonyl (C=O) groups excluding carboxylic acids is 2. The molecule has 0 radical (unpaired) electrons. The average Bonchev–Trinajstić information content (AvgIpc) is 3.10. The van der Waals surface area contributed by atoms with Crippen molar-refractivity contribution in [3.63, 3.8) is 0 Å². The van der Waals surface area contributed by atoms with Crippen LogP contribution in [0.3, 0.4) is 0 Å². The number of anilines is 3. The van der Waals surface area contributed by atoms with Gasteiger partial charge in [0, 0.05) is 29.2 Å². The van der Waals surface area contributed by atoms with Crippen LogP contribution in [0.25, 0.3) is 11.1 Å². The maximum Gasteiger partial charge on any atom is 0.330 e. The molecule has 5 aromatic carbocycles. The summed E-state index contributed by atoms with van der Waals surface area (Å²) in [7, 11) is 0. The van der Waals surface area contributed by atoms with Crippen molar-refractivity contribution in [2.24, 2.45) is 0 Å². The summed E-state index contributed by atoms with van der Waals surface area (Å²) in [6.45, 7) is 10.5. The van der Waals surface area contributed by atoms with Gasteiger partial charge in [-0.05, 0) is 97.3 Å². The van der Waals surface area contributed by atoms with Crippen LogP contribution in [0.4, 0.5) is 21.5 Å². The molecule has 0 N–H and O–H groups in total. The molecule has 2 unspecified atom stereocenters. The second-order valence-corrected chi connectivity index (χ2v) is 11.1. The van der Waals surface area contributed by atoms with Gasteiger partial charge in [0.15, 0.2) is 0 Å². The molecule has 0 saturated heterocycles. The van der Waals surface area contributed by atoms with Gasteiger partial charge in [-0.1, -0.05) is 73.8 Å². The van der Waals surface area contributed by atoms with E-state index in [1.54, 1.807) is 19.9 Å². The van der Waals surface area contributed by atoms with Crippen LogP contribution in [0.2, 0.25) is 0 Å². The summed E-state index contributed by atoms with van der Waals surface area (Å²) >= 11 is 0. The van der Waals surface area contributed by atoms with Gasteiger partial charge in [-0.25, -0.2) is 14.0 Å². The molecule has 48 heavy (non-hydrogen) atoms. The highest BCUT2D eigenvalue weighted by Gasteiger charge is 2.30. The fourth-order valence-electron chi connectivity index (χ4n) is 5.58. The van der Waals surface area contributed by atoms with Crippen LogP contribution < -0.4 is 9.64 Å². The van der Waals surface area contributed by atoms with E-state index >= 15 is 0 Å². The fourth-order valence-corrected chi connectivity index (χ4v) is 5.58. The first kappa shape index (κ1) is 33.4. The summed E-state index contributed by atoms with van der Waals surface area (Å²) in [6.07, 6.45) is 1.01. The molecule has 5 rings (SSSR count). The number of benzene rings is 5. The number of carbonyl (C=O) groups is 2. The zero-order chi connectivity index (χ0) is 34.0. The highest BCUT2D eigenvalue weighted by atomic mass is 19.1. The second-order valence-electron chi connectivity index (χ2n) is 11.1. The number of esters is 2. The molecule has 0 aliphatic heterocycles. The third-order valence-electron chi connectivity index (χ3n) is 7.84. The zero-order valence-corrected chi connectivity index (χ0v) is 26.8. The normalized spacial score (nSPS) is 12.6. The Labute approximate surface area is 280 Å². The van der Waals surface area contributed by atoms with E-state index in [-0.39, 0.29) is 5.82 Å². The molecular weight excluding hydrogens is 605 g/mol. The number of hydrogen-bond acceptors (Lipinski definition) is 6. The number of nitrogens with zero attached hydrogens (tertiary/aromatic N) is 1. The molecule has 5 aromatic rings. The summed E-state index contributed by atoms with van der Waals surface area (Å²) in [6, 6.07) is 39.4. The van der Waals surface area contributed by atoms with Gasteiger partial charge < -0.3 is 19.1 Å². The average molecular weight is 642 g/mol. The topological polar surface area (TPSA) is 65.1 Å². The molecule has 0 amide bonds. The second kappa shape index (κ2) is 15.6. The third kappa shape index (κ3) is 8.25. The third-order valence-corrected chi connectivity index (χ3v) is 7.84. The molecular formula is C41H36FNO5. The van der Waals surface area contributed by atoms with E-state index < -0.39 is 30.1 Å². The molecule has 6 nitrogen and oxygen atoms in total. The lowest BCUT2D eigenvalue weighted by atomic mass is 9.88. The first-order valence-electron chi connectivity index (χ1n) is 15.5. The van der Waals surface area contributed by atoms with E-state index in [0.717, 1.165) is 46.0 Å². The zero-order valence-electron chi connectivity index (χ0n) is 26.8. The van der Waals surface area contributed by atoms with Crippen LogP contribution in [0.1, 0.15) is 25.3 Å². The van der Waals surface area contributed by atoms with Crippen molar-refractivity contribution < 1.29 is 28.2 Å². The van der Waals surface area contributed by atoms with E-state index in [9.17, 15) is 14.0 Å². The van der Waals surface area contributed by atoms with E-state index in [2.05, 4.69) is 13.2 Å². The van der Waals surface area contributed by atoms with Crippen molar-refractivity contribution in [3.8, 4) is 22.6 Å². The minimum Gasteiger partial charge on any atom is -0.459 e. The SMILES string of the molecule is C=CC(=O)OC(C)C(c1ccc(-c2ccc(N(c3ccc(Oc4ccccc4)cc3)c3cccc(F)c3)cc2)cc1)C(C)OC(=O)C=C. The van der Waals surface area contributed by atoms with Gasteiger partial charge >= 0.3 is 11.9 Å². The number of halogens is 1. The van der Waals surface area contributed by atoms with Gasteiger partial charge in [0.1, 0.15) is 29.5 Å². The van der Waals surface area contributed by atoms with Crippen LogP contribution in [-0.2, 0) is 19.1 Å². The first-order chi connectivity index (χ1) is 23.2. The van der Waals surface area contributed by atoms with Crippen LogP contribution in [0.15, 0.2) is 153 Å². The lowest BCUT2D eigenvalue weighted by Gasteiger charge is -2.29. The Morgan fingerprint density at radius 1 is 0.625 bits per heavy atom. The predicted molar refractivity (Wildman–Crippen MR) is 187 cm³/mol. The Balaban J connectivity index is 1.41. The molecule has 0 fully saturated rings. The van der Waals surface area contributed by atoms with Gasteiger partial charge in [-0.15, -0.1) is 0 Å². The summed E-state index contributed by atoms with van der Waals surface area (Å²) in [5.41, 5.74) is 5.10. The van der Waals surface area contributed by atoms with Crippen molar-refractivity contribution in [2.75, 3.05) is 4.90 Å². The smallest absolute Gasteiger partial charge is 0.330 e. The maximum atomic E-state index is 14.4. The predicted octanol–water partition coefficient (Wildman–Crippen LogP) is 10.1. The van der Waals surface area contributed by atoms with Crippen molar-refractivity contribution >= 4 is 29.0 Å². The molecule has 0 heterocycles. The summed E-state index contributed by atoms with van der Waals surface area (Å²) in [4.78, 5) is 25.9. The van der Waals surface area contributed by atoms with Gasteiger partial charge in [0.2, 0.25) is 0 Å². The molecule has 242 valence electrons.